The summed E-state index contributed by atoms with van der Waals surface area (Å²) in [6.45, 7) is 2.95. The van der Waals surface area contributed by atoms with Crippen LogP contribution in [0.2, 0.25) is 0 Å². The van der Waals surface area contributed by atoms with Gasteiger partial charge in [-0.2, -0.15) is 0 Å². The van der Waals surface area contributed by atoms with Crippen molar-refractivity contribution in [1.82, 2.24) is 9.55 Å². The van der Waals surface area contributed by atoms with Gasteiger partial charge >= 0.3 is 13.3 Å². The van der Waals surface area contributed by atoms with Crippen LogP contribution in [-0.2, 0) is 9.30 Å². The minimum absolute atomic E-state index is 0.0579. The van der Waals surface area contributed by atoms with E-state index in [-0.39, 0.29) is 12.0 Å². The first-order valence-corrected chi connectivity index (χ1v) is 8.17. The molecule has 4 N–H and O–H groups in total. The van der Waals surface area contributed by atoms with Crippen molar-refractivity contribution in [1.29, 1.82) is 0 Å². The third kappa shape index (κ3) is 3.63. The molecular weight excluding hydrogens is 315 g/mol. The van der Waals surface area contributed by atoms with E-state index in [9.17, 15) is 19.3 Å². The van der Waals surface area contributed by atoms with E-state index in [1.807, 2.05) is 0 Å². The molecule has 22 heavy (non-hydrogen) atoms. The summed E-state index contributed by atoms with van der Waals surface area (Å²) in [4.78, 5) is 43.1. The molecule has 2 rings (SSSR count). The van der Waals surface area contributed by atoms with Crippen molar-refractivity contribution in [2.45, 2.75) is 38.7 Å². The molecule has 3 atom stereocenters. The first-order chi connectivity index (χ1) is 10.1. The number of H-pyrrole nitrogens is 1. The Labute approximate surface area is 125 Å². The molecule has 10 heteroatoms. The topological polar surface area (TPSA) is 142 Å². The normalized spacial score (nSPS) is 26.4. The Morgan fingerprint density at radius 2 is 2.14 bits per heavy atom. The molecule has 1 fully saturated rings. The van der Waals surface area contributed by atoms with E-state index in [4.69, 9.17) is 14.5 Å². The lowest BCUT2D eigenvalue weighted by Gasteiger charge is -2.17. The molecule has 0 amide bonds. The van der Waals surface area contributed by atoms with E-state index >= 15 is 0 Å². The summed E-state index contributed by atoms with van der Waals surface area (Å²) in [5, 5.41) is 10.00. The van der Waals surface area contributed by atoms with E-state index in [0.29, 0.717) is 5.56 Å². The Balaban J connectivity index is 2.30. The second-order valence-corrected chi connectivity index (χ2v) is 6.69. The Hall–Kier alpha value is -1.51. The van der Waals surface area contributed by atoms with Gasteiger partial charge in [-0.25, -0.2) is 4.79 Å². The average Bonchev–Trinajstić information content (AvgIpc) is 2.73. The van der Waals surface area contributed by atoms with Gasteiger partial charge in [-0.05, 0) is 19.4 Å². The highest BCUT2D eigenvalue weighted by atomic mass is 31.2. The van der Waals surface area contributed by atoms with Gasteiger partial charge in [0.15, 0.2) is 0 Å². The monoisotopic (exact) mass is 332 g/mol. The lowest BCUT2D eigenvalue weighted by Crippen LogP contribution is -2.33. The predicted molar refractivity (Wildman–Crippen MR) is 76.4 cm³/mol. The van der Waals surface area contributed by atoms with Crippen LogP contribution >= 0.6 is 7.60 Å². The highest BCUT2D eigenvalue weighted by Gasteiger charge is 2.37. The summed E-state index contributed by atoms with van der Waals surface area (Å²) in [6.07, 6.45) is -1.40. The standard InChI is InChI=1S/C12H17N2O7P/c1-6-4-14(12(17)13-11(6)16)9-3-8(15)10(21-9)7(2)5-22(18,19)20/h4-5,8-10,15H,3H2,1-2H3,(H,13,16,17)(H2,18,19,20)/b7-5+/t8?,9-,10-/m1/s1. The van der Waals surface area contributed by atoms with Crippen LogP contribution in [0.1, 0.15) is 25.1 Å². The quantitative estimate of drug-likeness (QED) is 0.550. The third-order valence-electron chi connectivity index (χ3n) is 3.37. The maximum absolute atomic E-state index is 11.8. The molecule has 1 aromatic rings. The van der Waals surface area contributed by atoms with E-state index in [1.54, 1.807) is 0 Å². The number of nitrogens with zero attached hydrogens (tertiary/aromatic N) is 1. The van der Waals surface area contributed by atoms with Gasteiger partial charge in [0, 0.05) is 24.0 Å². The molecule has 122 valence electrons. The SMILES string of the molecule is C/C(=C\P(=O)(O)O)[C@H]1O[C@@H](n2cc(C)c(=O)[nH]c2=O)CC1O. The minimum atomic E-state index is -4.39. The van der Waals surface area contributed by atoms with Crippen molar-refractivity contribution in [3.05, 3.63) is 44.0 Å². The minimum Gasteiger partial charge on any atom is -0.390 e. The Morgan fingerprint density at radius 3 is 2.73 bits per heavy atom. The number of aromatic nitrogens is 2. The van der Waals surface area contributed by atoms with Crippen molar-refractivity contribution in [2.24, 2.45) is 0 Å². The number of nitrogens with one attached hydrogen (secondary N) is 1. The summed E-state index contributed by atoms with van der Waals surface area (Å²) in [5.74, 6) is 0.726. The molecule has 1 saturated heterocycles. The van der Waals surface area contributed by atoms with Crippen molar-refractivity contribution >= 4 is 7.60 Å². The van der Waals surface area contributed by atoms with E-state index in [1.165, 1.54) is 20.0 Å². The molecule has 0 radical (unpaired) electrons. The van der Waals surface area contributed by atoms with Crippen LogP contribution in [0.5, 0.6) is 0 Å². The van der Waals surface area contributed by atoms with E-state index in [2.05, 4.69) is 4.98 Å². The fourth-order valence-electron chi connectivity index (χ4n) is 2.37. The molecule has 1 aliphatic heterocycles. The van der Waals surface area contributed by atoms with Gasteiger partial charge in [0.1, 0.15) is 12.3 Å². The largest absolute Gasteiger partial charge is 0.390 e. The molecule has 2 heterocycles. The summed E-state index contributed by atoms with van der Waals surface area (Å²) in [7, 11) is -4.39. The molecular formula is C12H17N2O7P. The lowest BCUT2D eigenvalue weighted by atomic mass is 10.1. The van der Waals surface area contributed by atoms with Crippen molar-refractivity contribution < 1.29 is 24.2 Å². The molecule has 1 aliphatic rings. The van der Waals surface area contributed by atoms with Crippen LogP contribution in [0.3, 0.4) is 0 Å². The van der Waals surface area contributed by atoms with Crippen LogP contribution in [-0.4, -0.2) is 36.7 Å². The van der Waals surface area contributed by atoms with Crippen LogP contribution in [0.25, 0.3) is 0 Å². The Kier molecular flexibility index (Phi) is 4.55. The Bertz CT molecular complexity index is 759. The number of aliphatic hydroxyl groups is 1. The average molecular weight is 332 g/mol. The maximum Gasteiger partial charge on any atom is 0.349 e. The highest BCUT2D eigenvalue weighted by Crippen LogP contribution is 2.40. The zero-order valence-electron chi connectivity index (χ0n) is 12.0. The molecule has 1 unspecified atom stereocenters. The number of aliphatic hydroxyl groups excluding tert-OH is 1. The summed E-state index contributed by atoms with van der Waals surface area (Å²) in [5.41, 5.74) is -0.694. The van der Waals surface area contributed by atoms with Gasteiger partial charge in [-0.15, -0.1) is 0 Å². The van der Waals surface area contributed by atoms with Crippen molar-refractivity contribution in [3.63, 3.8) is 0 Å². The number of ether oxygens (including phenoxy) is 1. The molecule has 0 saturated carbocycles. The predicted octanol–water partition coefficient (Wildman–Crippen LogP) is -0.425. The van der Waals surface area contributed by atoms with Gasteiger partial charge < -0.3 is 19.6 Å². The van der Waals surface area contributed by atoms with E-state index < -0.39 is 37.3 Å². The highest BCUT2D eigenvalue weighted by molar-refractivity contribution is 7.55. The van der Waals surface area contributed by atoms with Crippen LogP contribution in [0.15, 0.2) is 27.2 Å². The summed E-state index contributed by atoms with van der Waals surface area (Å²) in [6, 6.07) is 0. The fraction of sp³-hybridized carbons (Fsp3) is 0.500. The third-order valence-corrected chi connectivity index (χ3v) is 4.12. The first kappa shape index (κ1) is 16.9. The second kappa shape index (κ2) is 5.94. The van der Waals surface area contributed by atoms with Gasteiger partial charge in [0.2, 0.25) is 0 Å². The first-order valence-electron chi connectivity index (χ1n) is 6.48. The smallest absolute Gasteiger partial charge is 0.349 e. The molecule has 1 aromatic heterocycles. The maximum atomic E-state index is 11.8. The van der Waals surface area contributed by atoms with Crippen LogP contribution < -0.4 is 11.2 Å². The molecule has 0 spiro atoms. The Morgan fingerprint density at radius 1 is 1.50 bits per heavy atom. The van der Waals surface area contributed by atoms with Gasteiger partial charge in [0.05, 0.1) is 6.10 Å². The number of aromatic amines is 1. The lowest BCUT2D eigenvalue weighted by molar-refractivity contribution is -0.00103. The zero-order valence-corrected chi connectivity index (χ0v) is 12.9. The molecule has 9 nitrogen and oxygen atoms in total. The van der Waals surface area contributed by atoms with Crippen LogP contribution in [0.4, 0.5) is 0 Å². The molecule has 0 aromatic carbocycles. The van der Waals surface area contributed by atoms with Crippen molar-refractivity contribution in [3.8, 4) is 0 Å². The molecule has 0 bridgehead atoms. The van der Waals surface area contributed by atoms with E-state index in [0.717, 1.165) is 10.4 Å². The van der Waals surface area contributed by atoms with Gasteiger partial charge in [-0.3, -0.25) is 18.9 Å². The van der Waals surface area contributed by atoms with Gasteiger partial charge in [0.25, 0.3) is 5.56 Å². The zero-order chi connectivity index (χ0) is 16.7. The van der Waals surface area contributed by atoms with Crippen LogP contribution in [0, 0.1) is 6.92 Å². The number of rotatable bonds is 3. The number of hydrogen-bond donors (Lipinski definition) is 4. The summed E-state index contributed by atoms with van der Waals surface area (Å²) >= 11 is 0. The van der Waals surface area contributed by atoms with Crippen molar-refractivity contribution in [2.75, 3.05) is 0 Å². The molecule has 0 aliphatic carbocycles. The second-order valence-electron chi connectivity index (χ2n) is 5.26. The number of hydrogen-bond acceptors (Lipinski definition) is 5. The van der Waals surface area contributed by atoms with Gasteiger partial charge in [-0.1, -0.05) is 0 Å². The number of aryl methyl sites for hydroxylation is 1. The fourth-order valence-corrected chi connectivity index (χ4v) is 3.05. The summed E-state index contributed by atoms with van der Waals surface area (Å²) < 4.78 is 17.6.